The highest BCUT2D eigenvalue weighted by Gasteiger charge is 2.14. The molecule has 1 N–H and O–H groups in total. The van der Waals surface area contributed by atoms with E-state index in [2.05, 4.69) is 33.4 Å². The van der Waals surface area contributed by atoms with Crippen molar-refractivity contribution in [2.75, 3.05) is 64.0 Å². The number of anilines is 1. The third-order valence-electron chi connectivity index (χ3n) is 6.24. The standard InChI is InChI=1S/C30H35ClN4O5S2/c1-35(12-15-39-30(36)33-11-14-38-17-16-37-13-7-3-2-6-10-31)28-20-27-26(42-28)19-23(41-27)18-22(21-32)29-34-24-8-4-5-9-25(24)40-29/h4-5,8-9,18-20H,2-3,6-7,10-17H2,1H3,(H,33,36)/b22-18+. The molecular formula is C30H35ClN4O5S2. The molecule has 0 saturated heterocycles. The van der Waals surface area contributed by atoms with Gasteiger partial charge in [0.2, 0.25) is 5.89 Å². The molecule has 1 aromatic carbocycles. The Labute approximate surface area is 258 Å². The maximum atomic E-state index is 12.0. The lowest BCUT2D eigenvalue weighted by atomic mass is 10.2. The summed E-state index contributed by atoms with van der Waals surface area (Å²) in [6, 6.07) is 13.8. The second-order valence-corrected chi connectivity index (χ2v) is 12.0. The van der Waals surface area contributed by atoms with E-state index in [1.807, 2.05) is 37.4 Å². The number of carbonyl (C=O) groups is 1. The molecule has 3 aromatic heterocycles. The Balaban J connectivity index is 1.12. The van der Waals surface area contributed by atoms with Crippen molar-refractivity contribution < 1.29 is 23.4 Å². The van der Waals surface area contributed by atoms with Gasteiger partial charge in [-0.25, -0.2) is 9.78 Å². The zero-order valence-corrected chi connectivity index (χ0v) is 26.0. The van der Waals surface area contributed by atoms with Crippen LogP contribution in [0.1, 0.15) is 36.5 Å². The second-order valence-electron chi connectivity index (χ2n) is 9.43. The van der Waals surface area contributed by atoms with Gasteiger partial charge >= 0.3 is 6.09 Å². The van der Waals surface area contributed by atoms with Crippen LogP contribution in [0.25, 0.3) is 32.1 Å². The van der Waals surface area contributed by atoms with E-state index < -0.39 is 6.09 Å². The molecule has 9 nitrogen and oxygen atoms in total. The highest BCUT2D eigenvalue weighted by atomic mass is 35.5. The van der Waals surface area contributed by atoms with Crippen molar-refractivity contribution in [3.05, 3.63) is 47.2 Å². The number of aromatic nitrogens is 1. The number of alkyl carbamates (subject to hydrolysis) is 1. The van der Waals surface area contributed by atoms with E-state index >= 15 is 0 Å². The van der Waals surface area contributed by atoms with Crippen molar-refractivity contribution in [2.45, 2.75) is 25.7 Å². The summed E-state index contributed by atoms with van der Waals surface area (Å²) in [5, 5.41) is 13.5. The zero-order valence-electron chi connectivity index (χ0n) is 23.6. The van der Waals surface area contributed by atoms with Crippen molar-refractivity contribution in [3.8, 4) is 6.07 Å². The number of hydrogen-bond donors (Lipinski definition) is 1. The number of carbonyl (C=O) groups excluding carboxylic acids is 1. The molecule has 1 amide bonds. The van der Waals surface area contributed by atoms with Gasteiger partial charge in [-0.15, -0.1) is 34.3 Å². The van der Waals surface area contributed by atoms with Crippen molar-refractivity contribution in [3.63, 3.8) is 0 Å². The summed E-state index contributed by atoms with van der Waals surface area (Å²) in [4.78, 5) is 19.4. The number of benzene rings is 1. The van der Waals surface area contributed by atoms with Crippen LogP contribution in [0.4, 0.5) is 9.80 Å². The summed E-state index contributed by atoms with van der Waals surface area (Å²) < 4.78 is 24.3. The number of thiophene rings is 2. The number of alkyl halides is 1. The van der Waals surface area contributed by atoms with Crippen LogP contribution in [0.5, 0.6) is 0 Å². The predicted octanol–water partition coefficient (Wildman–Crippen LogP) is 7.16. The van der Waals surface area contributed by atoms with E-state index in [0.717, 1.165) is 63.0 Å². The number of allylic oxidation sites excluding steroid dienone is 1. The number of nitrogens with one attached hydrogen (secondary N) is 1. The van der Waals surface area contributed by atoms with Crippen LogP contribution in [0.2, 0.25) is 0 Å². The van der Waals surface area contributed by atoms with Gasteiger partial charge in [0, 0.05) is 40.4 Å². The SMILES string of the molecule is CN(CCOC(=O)NCCOCCOCCCCCCCl)c1cc2sc(/C=C(\C#N)c3nc4ccccc4o3)cc2s1. The van der Waals surface area contributed by atoms with Gasteiger partial charge in [-0.2, -0.15) is 5.26 Å². The molecule has 4 aromatic rings. The largest absolute Gasteiger partial charge is 0.448 e. The first kappa shape index (κ1) is 31.8. The number of ether oxygens (including phenoxy) is 3. The predicted molar refractivity (Wildman–Crippen MR) is 171 cm³/mol. The number of nitriles is 1. The number of rotatable bonds is 18. The van der Waals surface area contributed by atoms with Crippen LogP contribution in [-0.4, -0.2) is 70.1 Å². The van der Waals surface area contributed by atoms with Crippen LogP contribution in [0.15, 0.2) is 40.8 Å². The number of likely N-dealkylation sites (N-methyl/N-ethyl adjacent to an activating group) is 1. The normalized spacial score (nSPS) is 11.7. The van der Waals surface area contributed by atoms with E-state index in [4.69, 9.17) is 30.2 Å². The van der Waals surface area contributed by atoms with Gasteiger partial charge in [0.05, 0.1) is 31.4 Å². The molecule has 0 saturated carbocycles. The number of unbranched alkanes of at least 4 members (excludes halogenated alkanes) is 3. The lowest BCUT2D eigenvalue weighted by Gasteiger charge is -2.16. The Morgan fingerprint density at radius 1 is 1.07 bits per heavy atom. The van der Waals surface area contributed by atoms with Crippen LogP contribution >= 0.6 is 34.3 Å². The number of hydrogen-bond acceptors (Lipinski definition) is 10. The van der Waals surface area contributed by atoms with E-state index in [1.54, 1.807) is 22.7 Å². The van der Waals surface area contributed by atoms with Gasteiger partial charge in [-0.05, 0) is 43.2 Å². The molecule has 0 aliphatic rings. The quantitative estimate of drug-likeness (QED) is 0.0700. The van der Waals surface area contributed by atoms with Crippen LogP contribution in [-0.2, 0) is 14.2 Å². The monoisotopic (exact) mass is 630 g/mol. The molecule has 0 atom stereocenters. The number of para-hydroxylation sites is 2. The molecular weight excluding hydrogens is 596 g/mol. The topological polar surface area (TPSA) is 110 Å². The third-order valence-corrected chi connectivity index (χ3v) is 8.86. The molecule has 224 valence electrons. The summed E-state index contributed by atoms with van der Waals surface area (Å²) in [6.07, 6.45) is 5.72. The molecule has 0 aliphatic heterocycles. The Kier molecular flexibility index (Phi) is 12.9. The third kappa shape index (κ3) is 9.71. The summed E-state index contributed by atoms with van der Waals surface area (Å²) in [6.45, 7) is 3.38. The average Bonchev–Trinajstić information content (AvgIpc) is 3.70. The van der Waals surface area contributed by atoms with Crippen molar-refractivity contribution in [1.82, 2.24) is 10.3 Å². The van der Waals surface area contributed by atoms with Gasteiger partial charge in [-0.3, -0.25) is 0 Å². The summed E-state index contributed by atoms with van der Waals surface area (Å²) in [5.41, 5.74) is 1.76. The minimum atomic E-state index is -0.462. The van der Waals surface area contributed by atoms with Crippen molar-refractivity contribution in [2.24, 2.45) is 0 Å². The van der Waals surface area contributed by atoms with Crippen LogP contribution in [0, 0.1) is 11.3 Å². The molecule has 3 heterocycles. The number of halogens is 1. The lowest BCUT2D eigenvalue weighted by Crippen LogP contribution is -2.31. The maximum Gasteiger partial charge on any atom is 0.407 e. The summed E-state index contributed by atoms with van der Waals surface area (Å²) in [5.74, 6) is 1.04. The minimum Gasteiger partial charge on any atom is -0.448 e. The molecule has 0 radical (unpaired) electrons. The first-order chi connectivity index (χ1) is 20.6. The average molecular weight is 631 g/mol. The Hall–Kier alpha value is -3.14. The highest BCUT2D eigenvalue weighted by Crippen LogP contribution is 2.38. The minimum absolute atomic E-state index is 0.261. The number of fused-ring (bicyclic) bond motifs is 2. The molecule has 12 heteroatoms. The fourth-order valence-corrected chi connectivity index (χ4v) is 6.53. The smallest absolute Gasteiger partial charge is 0.407 e. The van der Waals surface area contributed by atoms with E-state index in [0.29, 0.717) is 50.0 Å². The zero-order chi connectivity index (χ0) is 29.6. The Morgan fingerprint density at radius 2 is 1.86 bits per heavy atom. The number of nitrogens with zero attached hydrogens (tertiary/aromatic N) is 3. The first-order valence-electron chi connectivity index (χ1n) is 13.9. The molecule has 0 aliphatic carbocycles. The lowest BCUT2D eigenvalue weighted by molar-refractivity contribution is 0.0469. The number of oxazole rings is 1. The highest BCUT2D eigenvalue weighted by molar-refractivity contribution is 7.30. The summed E-state index contributed by atoms with van der Waals surface area (Å²) >= 11 is 8.90. The molecule has 42 heavy (non-hydrogen) atoms. The van der Waals surface area contributed by atoms with Gasteiger partial charge in [0.1, 0.15) is 23.8 Å². The molecule has 0 bridgehead atoms. The second kappa shape index (κ2) is 17.1. The van der Waals surface area contributed by atoms with Crippen molar-refractivity contribution >= 4 is 77.5 Å². The molecule has 4 rings (SSSR count). The van der Waals surface area contributed by atoms with Crippen LogP contribution in [0.3, 0.4) is 0 Å². The van der Waals surface area contributed by atoms with Crippen molar-refractivity contribution in [1.29, 1.82) is 5.26 Å². The first-order valence-corrected chi connectivity index (χ1v) is 16.1. The maximum absolute atomic E-state index is 12.0. The van der Waals surface area contributed by atoms with E-state index in [1.165, 1.54) is 0 Å². The summed E-state index contributed by atoms with van der Waals surface area (Å²) in [7, 11) is 1.97. The van der Waals surface area contributed by atoms with E-state index in [9.17, 15) is 10.1 Å². The number of amides is 1. The molecule has 0 unspecified atom stereocenters. The fraction of sp³-hybridized carbons (Fsp3) is 0.433. The van der Waals surface area contributed by atoms with Gasteiger partial charge < -0.3 is 28.8 Å². The Bertz CT molecular complexity index is 1430. The van der Waals surface area contributed by atoms with Gasteiger partial charge in [-0.1, -0.05) is 25.0 Å². The van der Waals surface area contributed by atoms with E-state index in [-0.39, 0.29) is 6.61 Å². The molecule has 0 spiro atoms. The van der Waals surface area contributed by atoms with Gasteiger partial charge in [0.25, 0.3) is 0 Å². The Morgan fingerprint density at radius 3 is 2.64 bits per heavy atom. The molecule has 0 fully saturated rings. The van der Waals surface area contributed by atoms with Crippen LogP contribution < -0.4 is 10.2 Å². The fourth-order valence-electron chi connectivity index (χ4n) is 4.01. The van der Waals surface area contributed by atoms with Gasteiger partial charge in [0.15, 0.2) is 5.58 Å².